The second-order valence-corrected chi connectivity index (χ2v) is 4.80. The third-order valence-corrected chi connectivity index (χ3v) is 2.91. The average Bonchev–Trinajstić information content (AvgIpc) is 2.79. The lowest BCUT2D eigenvalue weighted by Crippen LogP contribution is -2.14. The molecule has 1 aromatic carbocycles. The summed E-state index contributed by atoms with van der Waals surface area (Å²) in [5.74, 6) is -0.589. The summed E-state index contributed by atoms with van der Waals surface area (Å²) >= 11 is 0. The number of nitrogens with two attached hydrogens (primary N) is 1. The molecule has 0 aliphatic carbocycles. The molecule has 0 unspecified atom stereocenters. The Morgan fingerprint density at radius 1 is 1.44 bits per heavy atom. The van der Waals surface area contributed by atoms with Crippen LogP contribution in [0.5, 0.6) is 5.75 Å². The quantitative estimate of drug-likeness (QED) is 0.865. The number of hydrogen-bond acceptors (Lipinski definition) is 6. The van der Waals surface area contributed by atoms with Crippen LogP contribution < -0.4 is 9.88 Å². The zero-order valence-electron chi connectivity index (χ0n) is 8.91. The summed E-state index contributed by atoms with van der Waals surface area (Å²) in [6.45, 7) is -0.120. The highest BCUT2D eigenvalue weighted by molar-refractivity contribution is 7.89. The van der Waals surface area contributed by atoms with Crippen LogP contribution in [0, 0.1) is 5.82 Å². The number of nitrogens with zero attached hydrogens (tertiary/aromatic N) is 2. The van der Waals surface area contributed by atoms with Crippen molar-refractivity contribution in [2.75, 3.05) is 0 Å². The van der Waals surface area contributed by atoms with E-state index < -0.39 is 20.7 Å². The SMILES string of the molecule is NS(=O)(=O)c1cc(F)ccc1OCc1ncon1. The Labute approximate surface area is 101 Å². The fraction of sp³-hybridized carbons (Fsp3) is 0.111. The normalized spacial score (nSPS) is 11.4. The zero-order chi connectivity index (χ0) is 13.2. The molecule has 18 heavy (non-hydrogen) atoms. The molecule has 7 nitrogen and oxygen atoms in total. The van der Waals surface area contributed by atoms with Crippen molar-refractivity contribution in [2.24, 2.45) is 5.14 Å². The maximum atomic E-state index is 13.0. The van der Waals surface area contributed by atoms with E-state index >= 15 is 0 Å². The largest absolute Gasteiger partial charge is 0.484 e. The molecule has 0 aliphatic rings. The molecule has 0 amide bonds. The summed E-state index contributed by atoms with van der Waals surface area (Å²) in [5.41, 5.74) is 0. The van der Waals surface area contributed by atoms with Crippen LogP contribution in [0.1, 0.15) is 5.82 Å². The number of sulfonamides is 1. The Kier molecular flexibility index (Phi) is 3.26. The molecule has 1 heterocycles. The molecule has 0 bridgehead atoms. The molecular formula is C9H8FN3O4S. The van der Waals surface area contributed by atoms with Crippen LogP contribution in [0.4, 0.5) is 4.39 Å². The number of halogens is 1. The molecule has 0 atom stereocenters. The average molecular weight is 273 g/mol. The smallest absolute Gasteiger partial charge is 0.241 e. The Bertz CT molecular complexity index is 642. The third-order valence-electron chi connectivity index (χ3n) is 1.98. The van der Waals surface area contributed by atoms with Crippen LogP contribution in [0.25, 0.3) is 0 Å². The minimum absolute atomic E-state index is 0.0799. The van der Waals surface area contributed by atoms with Gasteiger partial charge in [0.2, 0.25) is 22.2 Å². The van der Waals surface area contributed by atoms with Crippen molar-refractivity contribution in [3.05, 3.63) is 36.2 Å². The molecule has 0 radical (unpaired) electrons. The van der Waals surface area contributed by atoms with E-state index in [0.29, 0.717) is 0 Å². The number of aromatic nitrogens is 2. The molecule has 2 rings (SSSR count). The molecule has 2 N–H and O–H groups in total. The highest BCUT2D eigenvalue weighted by Gasteiger charge is 2.16. The minimum atomic E-state index is -4.08. The van der Waals surface area contributed by atoms with Crippen molar-refractivity contribution in [3.63, 3.8) is 0 Å². The maximum absolute atomic E-state index is 13.0. The number of benzene rings is 1. The van der Waals surface area contributed by atoms with E-state index in [1.165, 1.54) is 0 Å². The van der Waals surface area contributed by atoms with Crippen molar-refractivity contribution < 1.29 is 22.1 Å². The predicted octanol–water partition coefficient (Wildman–Crippen LogP) is 0.435. The van der Waals surface area contributed by atoms with E-state index in [1.54, 1.807) is 0 Å². The minimum Gasteiger partial charge on any atom is -0.484 e. The van der Waals surface area contributed by atoms with Gasteiger partial charge in [-0.25, -0.2) is 17.9 Å². The van der Waals surface area contributed by atoms with E-state index in [2.05, 4.69) is 14.7 Å². The maximum Gasteiger partial charge on any atom is 0.241 e. The lowest BCUT2D eigenvalue weighted by molar-refractivity contribution is 0.279. The molecule has 0 spiro atoms. The van der Waals surface area contributed by atoms with E-state index in [4.69, 9.17) is 9.88 Å². The molecular weight excluding hydrogens is 265 g/mol. The Morgan fingerprint density at radius 3 is 2.83 bits per heavy atom. The molecule has 9 heteroatoms. The van der Waals surface area contributed by atoms with Gasteiger partial charge in [-0.1, -0.05) is 5.16 Å². The monoisotopic (exact) mass is 273 g/mol. The van der Waals surface area contributed by atoms with Crippen LogP contribution in [0.15, 0.2) is 34.0 Å². The summed E-state index contributed by atoms with van der Waals surface area (Å²) < 4.78 is 45.1. The number of rotatable bonds is 4. The van der Waals surface area contributed by atoms with Gasteiger partial charge in [0.1, 0.15) is 16.5 Å². The van der Waals surface area contributed by atoms with Crippen LogP contribution in [-0.4, -0.2) is 18.6 Å². The van der Waals surface area contributed by atoms with E-state index in [1.807, 2.05) is 0 Å². The Morgan fingerprint density at radius 2 is 2.22 bits per heavy atom. The topological polar surface area (TPSA) is 108 Å². The first-order valence-corrected chi connectivity index (χ1v) is 6.22. The second kappa shape index (κ2) is 4.70. The summed E-state index contributed by atoms with van der Waals surface area (Å²) in [5, 5.41) is 8.43. The lowest BCUT2D eigenvalue weighted by Gasteiger charge is -2.08. The molecule has 96 valence electrons. The van der Waals surface area contributed by atoms with Crippen molar-refractivity contribution in [1.82, 2.24) is 10.1 Å². The van der Waals surface area contributed by atoms with Gasteiger partial charge in [-0.2, -0.15) is 4.98 Å². The van der Waals surface area contributed by atoms with Gasteiger partial charge in [-0.15, -0.1) is 0 Å². The highest BCUT2D eigenvalue weighted by atomic mass is 32.2. The summed E-state index contributed by atoms with van der Waals surface area (Å²) in [4.78, 5) is 3.24. The Hall–Kier alpha value is -2.00. The van der Waals surface area contributed by atoms with E-state index in [9.17, 15) is 12.8 Å². The standard InChI is InChI=1S/C9H8FN3O4S/c10-6-1-2-7(8(3-6)18(11,14)15)16-4-9-12-5-17-13-9/h1-3,5H,4H2,(H2,11,14,15). The highest BCUT2D eigenvalue weighted by Crippen LogP contribution is 2.24. The first-order valence-electron chi connectivity index (χ1n) is 4.67. The first-order chi connectivity index (χ1) is 8.47. The van der Waals surface area contributed by atoms with Gasteiger partial charge in [0, 0.05) is 0 Å². The van der Waals surface area contributed by atoms with Gasteiger partial charge in [0.15, 0.2) is 6.61 Å². The molecule has 0 fully saturated rings. The third kappa shape index (κ3) is 2.81. The first kappa shape index (κ1) is 12.5. The van der Waals surface area contributed by atoms with Crippen LogP contribution in [0.2, 0.25) is 0 Å². The summed E-state index contributed by atoms with van der Waals surface area (Å²) in [6, 6.07) is 3.00. The molecule has 1 aromatic heterocycles. The van der Waals surface area contributed by atoms with Crippen LogP contribution in [-0.2, 0) is 16.6 Å². The van der Waals surface area contributed by atoms with Gasteiger partial charge in [0.25, 0.3) is 0 Å². The van der Waals surface area contributed by atoms with E-state index in [0.717, 1.165) is 24.6 Å². The molecule has 0 saturated carbocycles. The predicted molar refractivity (Wildman–Crippen MR) is 56.4 cm³/mol. The van der Waals surface area contributed by atoms with Crippen LogP contribution >= 0.6 is 0 Å². The van der Waals surface area contributed by atoms with Gasteiger partial charge in [-0.05, 0) is 18.2 Å². The fourth-order valence-electron chi connectivity index (χ4n) is 1.22. The van der Waals surface area contributed by atoms with Gasteiger partial charge in [-0.3, -0.25) is 0 Å². The molecule has 0 aliphatic heterocycles. The summed E-state index contributed by atoms with van der Waals surface area (Å²) in [6.07, 6.45) is 1.10. The molecule has 0 saturated heterocycles. The van der Waals surface area contributed by atoms with Gasteiger partial charge >= 0.3 is 0 Å². The van der Waals surface area contributed by atoms with Crippen LogP contribution in [0.3, 0.4) is 0 Å². The number of primary sulfonamides is 1. The van der Waals surface area contributed by atoms with Crippen molar-refractivity contribution in [2.45, 2.75) is 11.5 Å². The zero-order valence-corrected chi connectivity index (χ0v) is 9.72. The molecule has 2 aromatic rings. The Balaban J connectivity index is 2.27. The number of ether oxygens (including phenoxy) is 1. The van der Waals surface area contributed by atoms with Crippen molar-refractivity contribution >= 4 is 10.0 Å². The summed E-state index contributed by atoms with van der Waals surface area (Å²) in [7, 11) is -4.08. The van der Waals surface area contributed by atoms with E-state index in [-0.39, 0.29) is 18.2 Å². The van der Waals surface area contributed by atoms with Crippen molar-refractivity contribution in [3.8, 4) is 5.75 Å². The van der Waals surface area contributed by atoms with Gasteiger partial charge < -0.3 is 9.26 Å². The van der Waals surface area contributed by atoms with Crippen molar-refractivity contribution in [1.29, 1.82) is 0 Å². The number of hydrogen-bond donors (Lipinski definition) is 1. The fourth-order valence-corrected chi connectivity index (χ4v) is 1.91. The second-order valence-electron chi connectivity index (χ2n) is 3.27. The van der Waals surface area contributed by atoms with Gasteiger partial charge in [0.05, 0.1) is 0 Å². The lowest BCUT2D eigenvalue weighted by atomic mass is 10.3.